The number of likely N-dealkylation sites (N-methyl/N-ethyl adjacent to an activating group) is 1. The predicted octanol–water partition coefficient (Wildman–Crippen LogP) is 3.18. The highest BCUT2D eigenvalue weighted by atomic mass is 32.1. The largest absolute Gasteiger partial charge is 0.355 e. The van der Waals surface area contributed by atoms with E-state index in [4.69, 9.17) is 4.98 Å². The number of hydrogen-bond acceptors (Lipinski definition) is 7. The van der Waals surface area contributed by atoms with Gasteiger partial charge in [0.05, 0.1) is 11.4 Å². The number of nitrogens with zero attached hydrogens (tertiary/aromatic N) is 6. The number of aromatic nitrogens is 4. The van der Waals surface area contributed by atoms with E-state index in [2.05, 4.69) is 39.2 Å². The lowest BCUT2D eigenvalue weighted by atomic mass is 10.2. The van der Waals surface area contributed by atoms with E-state index in [1.54, 1.807) is 23.7 Å². The third-order valence-electron chi connectivity index (χ3n) is 5.54. The van der Waals surface area contributed by atoms with Gasteiger partial charge in [-0.25, -0.2) is 19.3 Å². The van der Waals surface area contributed by atoms with Gasteiger partial charge in [-0.05, 0) is 39.6 Å². The van der Waals surface area contributed by atoms with Gasteiger partial charge < -0.3 is 19.5 Å². The fraction of sp³-hybridized carbons (Fsp3) is 0.333. The number of imidazole rings is 1. The van der Waals surface area contributed by atoms with Crippen molar-refractivity contribution in [2.24, 2.45) is 0 Å². The van der Waals surface area contributed by atoms with Crippen molar-refractivity contribution in [1.82, 2.24) is 24.3 Å². The molecule has 5 heterocycles. The highest BCUT2D eigenvalue weighted by Crippen LogP contribution is 2.27. The molecular formula is C21H22FN7OS. The molecule has 4 aromatic rings. The molecule has 10 heteroatoms. The van der Waals surface area contributed by atoms with E-state index in [-0.39, 0.29) is 10.7 Å². The Hall–Kier alpha value is -3.11. The summed E-state index contributed by atoms with van der Waals surface area (Å²) in [7, 11) is 4.19. The standard InChI is InChI=1S/C21H22FN7OS/c1-12-9-29-10-13(8-15(22)18(29)23-12)24-19(30)21-25-16-4-5-17(26-20(16)31-21)28-7-6-14(11-28)27(2)3/h4-5,8-10,14H,6-7,11H2,1-3H3,(H,24,30)/t14-/m0/s1. The molecule has 0 saturated carbocycles. The molecule has 1 aliphatic rings. The number of pyridine rings is 2. The maximum Gasteiger partial charge on any atom is 0.284 e. The van der Waals surface area contributed by atoms with Gasteiger partial charge in [0.2, 0.25) is 0 Å². The molecule has 1 fully saturated rings. The minimum atomic E-state index is -0.497. The highest BCUT2D eigenvalue weighted by molar-refractivity contribution is 7.20. The quantitative estimate of drug-likeness (QED) is 0.526. The molecule has 0 aliphatic carbocycles. The molecule has 0 radical (unpaired) electrons. The number of fused-ring (bicyclic) bond motifs is 2. The van der Waals surface area contributed by atoms with Gasteiger partial charge in [0.15, 0.2) is 16.5 Å². The van der Waals surface area contributed by atoms with Crippen LogP contribution >= 0.6 is 11.3 Å². The van der Waals surface area contributed by atoms with Gasteiger partial charge in [-0.15, -0.1) is 0 Å². The van der Waals surface area contributed by atoms with E-state index >= 15 is 0 Å². The van der Waals surface area contributed by atoms with Gasteiger partial charge in [-0.2, -0.15) is 0 Å². The Bertz CT molecular complexity index is 1300. The number of anilines is 2. The number of carbonyl (C=O) groups is 1. The van der Waals surface area contributed by atoms with Gasteiger partial charge in [-0.3, -0.25) is 4.79 Å². The summed E-state index contributed by atoms with van der Waals surface area (Å²) in [5.41, 5.74) is 1.94. The number of hydrogen-bond donors (Lipinski definition) is 1. The Labute approximate surface area is 182 Å². The number of rotatable bonds is 4. The minimum absolute atomic E-state index is 0.227. The molecule has 0 bridgehead atoms. The molecule has 8 nitrogen and oxygen atoms in total. The molecule has 1 N–H and O–H groups in total. The third-order valence-corrected chi connectivity index (χ3v) is 6.50. The number of halogens is 1. The molecule has 0 unspecified atom stereocenters. The molecule has 31 heavy (non-hydrogen) atoms. The van der Waals surface area contributed by atoms with E-state index < -0.39 is 11.7 Å². The van der Waals surface area contributed by atoms with E-state index in [0.717, 1.165) is 25.3 Å². The zero-order valence-corrected chi connectivity index (χ0v) is 18.3. The number of nitrogens with one attached hydrogen (secondary N) is 1. The van der Waals surface area contributed by atoms with Crippen LogP contribution in [0, 0.1) is 12.7 Å². The summed E-state index contributed by atoms with van der Waals surface area (Å²) in [6, 6.07) is 5.62. The number of carbonyl (C=O) groups excluding carboxylic acids is 1. The molecule has 1 atom stereocenters. The second kappa shape index (κ2) is 7.54. The number of amides is 1. The first kappa shape index (κ1) is 19.8. The van der Waals surface area contributed by atoms with Crippen LogP contribution in [-0.4, -0.2) is 63.4 Å². The van der Waals surface area contributed by atoms with Crippen LogP contribution in [-0.2, 0) is 0 Å². The van der Waals surface area contributed by atoms with E-state index in [0.29, 0.717) is 27.8 Å². The molecule has 5 rings (SSSR count). The van der Waals surface area contributed by atoms with Crippen LogP contribution in [0.5, 0.6) is 0 Å². The molecule has 4 aromatic heterocycles. The fourth-order valence-corrected chi connectivity index (χ4v) is 4.71. The van der Waals surface area contributed by atoms with Crippen LogP contribution < -0.4 is 10.2 Å². The van der Waals surface area contributed by atoms with Crippen molar-refractivity contribution in [3.05, 3.63) is 47.1 Å². The molecular weight excluding hydrogens is 417 g/mol. The van der Waals surface area contributed by atoms with Crippen molar-refractivity contribution in [3.8, 4) is 0 Å². The van der Waals surface area contributed by atoms with Gasteiger partial charge >= 0.3 is 0 Å². The average Bonchev–Trinajstić information content (AvgIpc) is 3.44. The lowest BCUT2D eigenvalue weighted by Crippen LogP contribution is -2.31. The Balaban J connectivity index is 1.37. The summed E-state index contributed by atoms with van der Waals surface area (Å²) in [6.45, 7) is 3.67. The van der Waals surface area contributed by atoms with Gasteiger partial charge in [0, 0.05) is 37.6 Å². The molecule has 1 aliphatic heterocycles. The normalized spacial score (nSPS) is 16.7. The summed E-state index contributed by atoms with van der Waals surface area (Å²) >= 11 is 1.23. The second-order valence-corrected chi connectivity index (χ2v) is 8.99. The first-order valence-electron chi connectivity index (χ1n) is 10.0. The third kappa shape index (κ3) is 3.72. The zero-order valence-electron chi connectivity index (χ0n) is 17.5. The average molecular weight is 440 g/mol. The molecule has 0 aromatic carbocycles. The van der Waals surface area contributed by atoms with Crippen molar-refractivity contribution in [2.45, 2.75) is 19.4 Å². The van der Waals surface area contributed by atoms with E-state index in [1.165, 1.54) is 17.4 Å². The van der Waals surface area contributed by atoms with Crippen molar-refractivity contribution >= 4 is 44.7 Å². The Morgan fingerprint density at radius 1 is 1.26 bits per heavy atom. The van der Waals surface area contributed by atoms with Crippen molar-refractivity contribution in [3.63, 3.8) is 0 Å². The SMILES string of the molecule is Cc1cn2cc(NC(=O)c3nc4ccc(N5CC[C@H](N(C)C)C5)nc4s3)cc(F)c2n1. The lowest BCUT2D eigenvalue weighted by Gasteiger charge is -2.20. The Morgan fingerprint density at radius 2 is 2.10 bits per heavy atom. The maximum atomic E-state index is 14.3. The van der Waals surface area contributed by atoms with Crippen molar-refractivity contribution in [1.29, 1.82) is 0 Å². The molecule has 160 valence electrons. The Morgan fingerprint density at radius 3 is 2.87 bits per heavy atom. The summed E-state index contributed by atoms with van der Waals surface area (Å²) in [5, 5.41) is 3.01. The number of aryl methyl sites for hydroxylation is 1. The van der Waals surface area contributed by atoms with Crippen LogP contribution in [0.15, 0.2) is 30.6 Å². The summed E-state index contributed by atoms with van der Waals surface area (Å²) in [6.07, 6.45) is 4.44. The molecule has 1 saturated heterocycles. The summed E-state index contributed by atoms with van der Waals surface area (Å²) < 4.78 is 15.8. The van der Waals surface area contributed by atoms with Crippen LogP contribution in [0.1, 0.15) is 21.9 Å². The molecule has 1 amide bonds. The van der Waals surface area contributed by atoms with Crippen LogP contribution in [0.25, 0.3) is 16.0 Å². The highest BCUT2D eigenvalue weighted by Gasteiger charge is 2.25. The van der Waals surface area contributed by atoms with Crippen molar-refractivity contribution < 1.29 is 9.18 Å². The van der Waals surface area contributed by atoms with E-state index in [9.17, 15) is 9.18 Å². The lowest BCUT2D eigenvalue weighted by molar-refractivity contribution is 0.102. The fourth-order valence-electron chi connectivity index (χ4n) is 3.88. The number of thiazole rings is 1. The monoisotopic (exact) mass is 439 g/mol. The van der Waals surface area contributed by atoms with Crippen LogP contribution in [0.2, 0.25) is 0 Å². The first-order chi connectivity index (χ1) is 14.9. The van der Waals surface area contributed by atoms with E-state index in [1.807, 2.05) is 12.1 Å². The topological polar surface area (TPSA) is 78.7 Å². The summed E-state index contributed by atoms with van der Waals surface area (Å²) in [4.78, 5) is 31.2. The minimum Gasteiger partial charge on any atom is -0.355 e. The maximum absolute atomic E-state index is 14.3. The van der Waals surface area contributed by atoms with Gasteiger partial charge in [0.25, 0.3) is 5.91 Å². The second-order valence-electron chi connectivity index (χ2n) is 8.01. The summed E-state index contributed by atoms with van der Waals surface area (Å²) in [5.74, 6) is 0.00703. The van der Waals surface area contributed by atoms with Gasteiger partial charge in [0.1, 0.15) is 16.2 Å². The first-order valence-corrected chi connectivity index (χ1v) is 10.8. The van der Waals surface area contributed by atoms with Crippen LogP contribution in [0.4, 0.5) is 15.9 Å². The predicted molar refractivity (Wildman–Crippen MR) is 120 cm³/mol. The van der Waals surface area contributed by atoms with Crippen molar-refractivity contribution in [2.75, 3.05) is 37.4 Å². The zero-order chi connectivity index (χ0) is 21.7. The molecule has 0 spiro atoms. The van der Waals surface area contributed by atoms with Crippen LogP contribution in [0.3, 0.4) is 0 Å². The van der Waals surface area contributed by atoms with Gasteiger partial charge in [-0.1, -0.05) is 11.3 Å². The Kier molecular flexibility index (Phi) is 4.82. The smallest absolute Gasteiger partial charge is 0.284 e.